The third-order valence-corrected chi connectivity index (χ3v) is 6.74. The summed E-state index contributed by atoms with van der Waals surface area (Å²) in [5.74, 6) is -0.673. The number of nitrogens with zero attached hydrogens (tertiary/aromatic N) is 2. The van der Waals surface area contributed by atoms with Gasteiger partial charge in [-0.15, -0.1) is 0 Å². The first-order valence-corrected chi connectivity index (χ1v) is 10.5. The van der Waals surface area contributed by atoms with Crippen LogP contribution in [0.5, 0.6) is 0 Å². The van der Waals surface area contributed by atoms with E-state index in [1.165, 1.54) is 28.6 Å². The molecule has 1 N–H and O–H groups in total. The van der Waals surface area contributed by atoms with Crippen LogP contribution in [-0.2, 0) is 10.0 Å². The van der Waals surface area contributed by atoms with Crippen LogP contribution in [0.1, 0.15) is 29.6 Å². The SMILES string of the molecule is O=C(Nc1ccc(Cl)c([N+](=O)[O-])c1)c1ccccc1S(=O)(=O)N1CCCCC1. The van der Waals surface area contributed by atoms with Crippen LogP contribution < -0.4 is 5.32 Å². The number of halogens is 1. The number of sulfonamides is 1. The number of piperidine rings is 1. The number of amides is 1. The van der Waals surface area contributed by atoms with E-state index >= 15 is 0 Å². The molecule has 2 aromatic carbocycles. The molecule has 1 heterocycles. The summed E-state index contributed by atoms with van der Waals surface area (Å²) in [6.07, 6.45) is 2.54. The lowest BCUT2D eigenvalue weighted by atomic mass is 10.2. The van der Waals surface area contributed by atoms with Gasteiger partial charge in [0.2, 0.25) is 10.0 Å². The van der Waals surface area contributed by atoms with Gasteiger partial charge in [0.15, 0.2) is 0 Å². The Bertz CT molecular complexity index is 1020. The zero-order valence-electron chi connectivity index (χ0n) is 14.8. The van der Waals surface area contributed by atoms with Gasteiger partial charge in [-0.2, -0.15) is 4.31 Å². The molecule has 1 amide bonds. The lowest BCUT2D eigenvalue weighted by Gasteiger charge is -2.26. The van der Waals surface area contributed by atoms with Crippen LogP contribution in [0.15, 0.2) is 47.4 Å². The average Bonchev–Trinajstić information content (AvgIpc) is 2.70. The van der Waals surface area contributed by atoms with Gasteiger partial charge in [0.25, 0.3) is 11.6 Å². The average molecular weight is 424 g/mol. The number of hydrogen-bond acceptors (Lipinski definition) is 5. The van der Waals surface area contributed by atoms with E-state index in [1.807, 2.05) is 0 Å². The van der Waals surface area contributed by atoms with Gasteiger partial charge in [0.05, 0.1) is 15.4 Å². The highest BCUT2D eigenvalue weighted by Crippen LogP contribution is 2.28. The van der Waals surface area contributed by atoms with Crippen LogP contribution in [0.4, 0.5) is 11.4 Å². The fourth-order valence-electron chi connectivity index (χ4n) is 3.05. The Morgan fingerprint density at radius 2 is 1.79 bits per heavy atom. The van der Waals surface area contributed by atoms with Gasteiger partial charge >= 0.3 is 0 Å². The van der Waals surface area contributed by atoms with Crippen molar-refractivity contribution in [3.05, 3.63) is 63.2 Å². The molecule has 0 aliphatic carbocycles. The molecular weight excluding hydrogens is 406 g/mol. The summed E-state index contributed by atoms with van der Waals surface area (Å²) >= 11 is 5.78. The van der Waals surface area contributed by atoms with Crippen molar-refractivity contribution >= 4 is 38.9 Å². The number of rotatable bonds is 5. The van der Waals surface area contributed by atoms with Gasteiger partial charge in [0, 0.05) is 24.8 Å². The summed E-state index contributed by atoms with van der Waals surface area (Å²) in [6.45, 7) is 0.837. The lowest BCUT2D eigenvalue weighted by Crippen LogP contribution is -2.36. The standard InChI is InChI=1S/C18H18ClN3O5S/c19-15-9-8-13(12-16(15)22(24)25)20-18(23)14-6-2-3-7-17(14)28(26,27)21-10-4-1-5-11-21/h2-3,6-9,12H,1,4-5,10-11H2,(H,20,23). The Hall–Kier alpha value is -2.49. The minimum Gasteiger partial charge on any atom is -0.322 e. The normalized spacial score (nSPS) is 15.2. The molecule has 10 heteroatoms. The molecule has 0 aromatic heterocycles. The highest BCUT2D eigenvalue weighted by molar-refractivity contribution is 7.89. The molecule has 0 bridgehead atoms. The van der Waals surface area contributed by atoms with Crippen LogP contribution in [-0.4, -0.2) is 36.6 Å². The zero-order chi connectivity index (χ0) is 20.3. The van der Waals surface area contributed by atoms with Gasteiger partial charge in [0.1, 0.15) is 5.02 Å². The van der Waals surface area contributed by atoms with Crippen molar-refractivity contribution in [2.75, 3.05) is 18.4 Å². The quantitative estimate of drug-likeness (QED) is 0.582. The molecule has 28 heavy (non-hydrogen) atoms. The first-order valence-electron chi connectivity index (χ1n) is 8.65. The van der Waals surface area contributed by atoms with Gasteiger partial charge < -0.3 is 5.32 Å². The van der Waals surface area contributed by atoms with Crippen LogP contribution in [0, 0.1) is 10.1 Å². The Kier molecular flexibility index (Phi) is 5.97. The van der Waals surface area contributed by atoms with E-state index in [0.717, 1.165) is 25.3 Å². The highest BCUT2D eigenvalue weighted by Gasteiger charge is 2.29. The summed E-state index contributed by atoms with van der Waals surface area (Å²) in [7, 11) is -3.82. The van der Waals surface area contributed by atoms with E-state index in [4.69, 9.17) is 11.6 Å². The maximum atomic E-state index is 13.0. The van der Waals surface area contributed by atoms with Crippen molar-refractivity contribution < 1.29 is 18.1 Å². The predicted octanol–water partition coefficient (Wildman–Crippen LogP) is 3.68. The number of carbonyl (C=O) groups excluding carboxylic acids is 1. The largest absolute Gasteiger partial charge is 0.322 e. The summed E-state index contributed by atoms with van der Waals surface area (Å²) in [5.41, 5.74) is -0.231. The second-order valence-electron chi connectivity index (χ2n) is 6.34. The van der Waals surface area contributed by atoms with Crippen molar-refractivity contribution in [3.63, 3.8) is 0 Å². The Morgan fingerprint density at radius 1 is 1.11 bits per heavy atom. The second-order valence-corrected chi connectivity index (χ2v) is 8.65. The predicted molar refractivity (Wildman–Crippen MR) is 105 cm³/mol. The first-order chi connectivity index (χ1) is 13.3. The third kappa shape index (κ3) is 4.16. The zero-order valence-corrected chi connectivity index (χ0v) is 16.4. The van der Waals surface area contributed by atoms with E-state index in [2.05, 4.69) is 5.32 Å². The first kappa shape index (κ1) is 20.2. The van der Waals surface area contributed by atoms with Gasteiger partial charge in [-0.05, 0) is 37.1 Å². The minimum atomic E-state index is -3.82. The molecule has 0 saturated carbocycles. The fraction of sp³-hybridized carbons (Fsp3) is 0.278. The summed E-state index contributed by atoms with van der Waals surface area (Å²) in [5, 5.41) is 13.5. The summed E-state index contributed by atoms with van der Waals surface area (Å²) in [6, 6.07) is 9.76. The van der Waals surface area contributed by atoms with E-state index in [9.17, 15) is 23.3 Å². The molecular formula is C18H18ClN3O5S. The van der Waals surface area contributed by atoms with E-state index < -0.39 is 20.9 Å². The van der Waals surface area contributed by atoms with E-state index in [0.29, 0.717) is 13.1 Å². The van der Waals surface area contributed by atoms with Crippen LogP contribution in [0.3, 0.4) is 0 Å². The number of carbonyl (C=O) groups is 1. The molecule has 8 nitrogen and oxygen atoms in total. The molecule has 0 spiro atoms. The van der Waals surface area contributed by atoms with Crippen molar-refractivity contribution in [3.8, 4) is 0 Å². The van der Waals surface area contributed by atoms with Gasteiger partial charge in [-0.3, -0.25) is 14.9 Å². The van der Waals surface area contributed by atoms with Crippen molar-refractivity contribution in [2.45, 2.75) is 24.2 Å². The van der Waals surface area contributed by atoms with E-state index in [1.54, 1.807) is 12.1 Å². The minimum absolute atomic E-state index is 0.0225. The van der Waals surface area contributed by atoms with Crippen molar-refractivity contribution in [1.82, 2.24) is 4.31 Å². The summed E-state index contributed by atoms with van der Waals surface area (Å²) in [4.78, 5) is 23.0. The molecule has 0 atom stereocenters. The number of anilines is 1. The third-order valence-electron chi connectivity index (χ3n) is 4.47. The maximum absolute atomic E-state index is 13.0. The monoisotopic (exact) mass is 423 g/mol. The Morgan fingerprint density at radius 3 is 2.46 bits per heavy atom. The van der Waals surface area contributed by atoms with Crippen molar-refractivity contribution in [1.29, 1.82) is 0 Å². The lowest BCUT2D eigenvalue weighted by molar-refractivity contribution is -0.384. The van der Waals surface area contributed by atoms with E-state index in [-0.39, 0.29) is 26.9 Å². The number of nitro benzene ring substituents is 1. The highest BCUT2D eigenvalue weighted by atomic mass is 35.5. The molecule has 1 aliphatic rings. The van der Waals surface area contributed by atoms with Gasteiger partial charge in [-0.1, -0.05) is 30.2 Å². The number of nitro groups is 1. The number of nitrogens with one attached hydrogen (secondary N) is 1. The Labute approximate surface area is 167 Å². The van der Waals surface area contributed by atoms with Crippen LogP contribution in [0.2, 0.25) is 5.02 Å². The molecule has 148 valence electrons. The molecule has 1 saturated heterocycles. The molecule has 2 aromatic rings. The Balaban J connectivity index is 1.91. The fourth-order valence-corrected chi connectivity index (χ4v) is 4.95. The molecule has 3 rings (SSSR count). The summed E-state index contributed by atoms with van der Waals surface area (Å²) < 4.78 is 27.4. The van der Waals surface area contributed by atoms with Crippen LogP contribution >= 0.6 is 11.6 Å². The number of benzene rings is 2. The maximum Gasteiger partial charge on any atom is 0.289 e. The van der Waals surface area contributed by atoms with Crippen LogP contribution in [0.25, 0.3) is 0 Å². The molecule has 0 radical (unpaired) electrons. The smallest absolute Gasteiger partial charge is 0.289 e. The number of hydrogen-bond donors (Lipinski definition) is 1. The molecule has 1 fully saturated rings. The van der Waals surface area contributed by atoms with Gasteiger partial charge in [-0.25, -0.2) is 8.42 Å². The second kappa shape index (κ2) is 8.26. The van der Waals surface area contributed by atoms with Crippen molar-refractivity contribution in [2.24, 2.45) is 0 Å². The molecule has 1 aliphatic heterocycles. The molecule has 0 unspecified atom stereocenters. The topological polar surface area (TPSA) is 110 Å².